The fraction of sp³-hybridized carbons (Fsp3) is 0.0435. The molecule has 0 saturated carbocycles. The molecule has 9 heteroatoms. The highest BCUT2D eigenvalue weighted by Crippen LogP contribution is 2.40. The lowest BCUT2D eigenvalue weighted by molar-refractivity contribution is 0.103. The highest BCUT2D eigenvalue weighted by atomic mass is 32.1. The first-order chi connectivity index (χ1) is 15.3. The fourth-order valence-electron chi connectivity index (χ4n) is 3.06. The predicted octanol–water partition coefficient (Wildman–Crippen LogP) is 6.28. The summed E-state index contributed by atoms with van der Waals surface area (Å²) in [5.41, 5.74) is -0.564. The van der Waals surface area contributed by atoms with Crippen molar-refractivity contribution < 1.29 is 31.5 Å². The molecule has 160 valence electrons. The van der Waals surface area contributed by atoms with Crippen molar-refractivity contribution in [2.45, 2.75) is 6.61 Å². The molecule has 0 saturated heterocycles. The summed E-state index contributed by atoms with van der Waals surface area (Å²) in [5.74, 6) is -10.9. The van der Waals surface area contributed by atoms with Gasteiger partial charge in [-0.3, -0.25) is 4.79 Å². The van der Waals surface area contributed by atoms with Crippen LogP contribution in [0.4, 0.5) is 22.0 Å². The topological polar surface area (TPSA) is 50.1 Å². The lowest BCUT2D eigenvalue weighted by Crippen LogP contribution is -2.10. The minimum atomic E-state index is -2.26. The number of ether oxygens (including phenoxy) is 1. The highest BCUT2D eigenvalue weighted by Gasteiger charge is 2.27. The molecule has 32 heavy (non-hydrogen) atoms. The number of halogens is 5. The number of hydrogen-bond donors (Lipinski definition) is 0. The number of nitriles is 1. The Morgan fingerprint density at radius 1 is 0.875 bits per heavy atom. The molecule has 1 aromatic heterocycles. The van der Waals surface area contributed by atoms with E-state index in [0.29, 0.717) is 15.6 Å². The summed E-state index contributed by atoms with van der Waals surface area (Å²) in [4.78, 5) is 13.1. The number of benzene rings is 3. The number of fused-ring (bicyclic) bond motifs is 1. The van der Waals surface area contributed by atoms with Crippen molar-refractivity contribution >= 4 is 27.2 Å². The fourth-order valence-corrected chi connectivity index (χ4v) is 4.17. The number of nitrogens with zero attached hydrogens (tertiary/aromatic N) is 1. The first-order valence-corrected chi connectivity index (χ1v) is 9.84. The van der Waals surface area contributed by atoms with Crippen LogP contribution in [0.2, 0.25) is 0 Å². The van der Waals surface area contributed by atoms with Crippen molar-refractivity contribution in [2.24, 2.45) is 0 Å². The lowest BCUT2D eigenvalue weighted by Gasteiger charge is -2.11. The molecule has 1 heterocycles. The largest absolute Gasteiger partial charge is 0.486 e. The number of carbonyl (C=O) groups excluding carboxylic acids is 1. The first kappa shape index (κ1) is 21.5. The highest BCUT2D eigenvalue weighted by molar-refractivity contribution is 7.21. The van der Waals surface area contributed by atoms with Crippen LogP contribution in [0.15, 0.2) is 48.5 Å². The number of hydrogen-bond acceptors (Lipinski definition) is 4. The third-order valence-corrected chi connectivity index (χ3v) is 5.84. The van der Waals surface area contributed by atoms with Crippen molar-refractivity contribution in [2.75, 3.05) is 0 Å². The molecular weight excluding hydrogens is 449 g/mol. The Balaban J connectivity index is 1.77. The summed E-state index contributed by atoms with van der Waals surface area (Å²) in [6.07, 6.45) is 0. The van der Waals surface area contributed by atoms with Crippen molar-refractivity contribution in [1.29, 1.82) is 5.26 Å². The van der Waals surface area contributed by atoms with E-state index in [2.05, 4.69) is 0 Å². The van der Waals surface area contributed by atoms with Crippen molar-refractivity contribution in [1.82, 2.24) is 0 Å². The Morgan fingerprint density at radius 3 is 2.09 bits per heavy atom. The maximum Gasteiger partial charge on any atom is 0.206 e. The van der Waals surface area contributed by atoms with Gasteiger partial charge in [0.05, 0.1) is 17.2 Å². The Labute approximate surface area is 181 Å². The van der Waals surface area contributed by atoms with Gasteiger partial charge in [0.1, 0.15) is 17.2 Å². The van der Waals surface area contributed by atoms with E-state index in [1.165, 1.54) is 24.3 Å². The van der Waals surface area contributed by atoms with Crippen LogP contribution in [0.5, 0.6) is 5.75 Å². The number of rotatable bonds is 5. The third kappa shape index (κ3) is 3.59. The molecule has 3 aromatic carbocycles. The van der Waals surface area contributed by atoms with Gasteiger partial charge in [-0.1, -0.05) is 12.1 Å². The molecular formula is C23H10F5NO2S. The van der Waals surface area contributed by atoms with E-state index in [1.54, 1.807) is 24.3 Å². The second kappa shape index (κ2) is 8.40. The first-order valence-electron chi connectivity index (χ1n) is 9.03. The Kier molecular flexibility index (Phi) is 5.63. The normalized spacial score (nSPS) is 10.9. The number of carbonyl (C=O) groups is 1. The van der Waals surface area contributed by atoms with Gasteiger partial charge < -0.3 is 4.74 Å². The maximum atomic E-state index is 14.0. The number of thiophene rings is 1. The zero-order valence-electron chi connectivity index (χ0n) is 15.9. The molecule has 0 aliphatic carbocycles. The summed E-state index contributed by atoms with van der Waals surface area (Å²) in [6.45, 7) is -0.986. The standard InChI is InChI=1S/C23H10F5NO2S/c24-16-14(17(25)19(27)20(28)18(16)26)10-31-22-13-3-1-2-4-15(13)32-23(22)21(30)12-7-5-11(9-29)6-8-12/h1-8H,10H2. The zero-order chi connectivity index (χ0) is 23.0. The van der Waals surface area contributed by atoms with Gasteiger partial charge in [-0.05, 0) is 36.4 Å². The summed E-state index contributed by atoms with van der Waals surface area (Å²) in [7, 11) is 0. The molecule has 4 aromatic rings. The van der Waals surface area contributed by atoms with Gasteiger partial charge in [-0.15, -0.1) is 11.3 Å². The van der Waals surface area contributed by atoms with Gasteiger partial charge in [0, 0.05) is 15.6 Å². The molecule has 0 aliphatic rings. The van der Waals surface area contributed by atoms with Crippen LogP contribution in [0.1, 0.15) is 26.4 Å². The van der Waals surface area contributed by atoms with E-state index in [-0.39, 0.29) is 16.2 Å². The molecule has 0 fully saturated rings. The van der Waals surface area contributed by atoms with Crippen molar-refractivity contribution in [3.05, 3.63) is 99.2 Å². The average Bonchev–Trinajstić information content (AvgIpc) is 3.19. The molecule has 0 amide bonds. The second-order valence-electron chi connectivity index (χ2n) is 6.61. The van der Waals surface area contributed by atoms with Crippen LogP contribution in [-0.4, -0.2) is 5.78 Å². The van der Waals surface area contributed by atoms with E-state index in [1.807, 2.05) is 6.07 Å². The Hall–Kier alpha value is -3.77. The van der Waals surface area contributed by atoms with Gasteiger partial charge in [0.25, 0.3) is 0 Å². The SMILES string of the molecule is N#Cc1ccc(C(=O)c2sc3ccccc3c2OCc2c(F)c(F)c(F)c(F)c2F)cc1. The smallest absolute Gasteiger partial charge is 0.206 e. The van der Waals surface area contributed by atoms with Gasteiger partial charge >= 0.3 is 0 Å². The van der Waals surface area contributed by atoms with Crippen LogP contribution in [0, 0.1) is 40.4 Å². The summed E-state index contributed by atoms with van der Waals surface area (Å²) in [6, 6.07) is 14.4. The van der Waals surface area contributed by atoms with E-state index < -0.39 is 47.0 Å². The lowest BCUT2D eigenvalue weighted by atomic mass is 10.1. The van der Waals surface area contributed by atoms with Crippen molar-refractivity contribution in [3.8, 4) is 11.8 Å². The minimum Gasteiger partial charge on any atom is -0.486 e. The van der Waals surface area contributed by atoms with Crippen LogP contribution < -0.4 is 4.74 Å². The van der Waals surface area contributed by atoms with E-state index in [9.17, 15) is 26.7 Å². The second-order valence-corrected chi connectivity index (χ2v) is 7.66. The summed E-state index contributed by atoms with van der Waals surface area (Å²) in [5, 5.41) is 9.35. The minimum absolute atomic E-state index is 0.0381. The Morgan fingerprint density at radius 2 is 1.47 bits per heavy atom. The zero-order valence-corrected chi connectivity index (χ0v) is 16.7. The molecule has 3 nitrogen and oxygen atoms in total. The third-order valence-electron chi connectivity index (χ3n) is 4.69. The Bertz CT molecular complexity index is 1380. The summed E-state index contributed by atoms with van der Waals surface area (Å²) >= 11 is 1.05. The van der Waals surface area contributed by atoms with E-state index >= 15 is 0 Å². The summed E-state index contributed by atoms with van der Waals surface area (Å²) < 4.78 is 74.5. The van der Waals surface area contributed by atoms with E-state index in [0.717, 1.165) is 11.3 Å². The van der Waals surface area contributed by atoms with Gasteiger partial charge in [0.2, 0.25) is 11.6 Å². The monoisotopic (exact) mass is 459 g/mol. The quantitative estimate of drug-likeness (QED) is 0.153. The molecule has 0 aliphatic heterocycles. The van der Waals surface area contributed by atoms with Gasteiger partial charge in [-0.25, -0.2) is 22.0 Å². The van der Waals surface area contributed by atoms with Crippen LogP contribution in [-0.2, 0) is 6.61 Å². The van der Waals surface area contributed by atoms with Gasteiger partial charge in [0.15, 0.2) is 23.3 Å². The molecule has 0 radical (unpaired) electrons. The molecule has 0 spiro atoms. The maximum absolute atomic E-state index is 14.0. The van der Waals surface area contributed by atoms with Gasteiger partial charge in [-0.2, -0.15) is 5.26 Å². The van der Waals surface area contributed by atoms with Crippen molar-refractivity contribution in [3.63, 3.8) is 0 Å². The van der Waals surface area contributed by atoms with Crippen LogP contribution >= 0.6 is 11.3 Å². The molecule has 0 unspecified atom stereocenters. The molecule has 4 rings (SSSR count). The molecule has 0 bridgehead atoms. The van der Waals surface area contributed by atoms with Crippen LogP contribution in [0.25, 0.3) is 10.1 Å². The van der Waals surface area contributed by atoms with E-state index in [4.69, 9.17) is 10.00 Å². The predicted molar refractivity (Wildman–Crippen MR) is 107 cm³/mol. The average molecular weight is 459 g/mol. The number of ketones is 1. The molecule has 0 N–H and O–H groups in total. The van der Waals surface area contributed by atoms with Crippen LogP contribution in [0.3, 0.4) is 0 Å². The molecule has 0 atom stereocenters.